The van der Waals surface area contributed by atoms with E-state index in [1.807, 2.05) is 97.9 Å². The minimum atomic E-state index is -2.68. The van der Waals surface area contributed by atoms with E-state index in [1.54, 1.807) is 0 Å². The van der Waals surface area contributed by atoms with E-state index >= 15 is 0 Å². The van der Waals surface area contributed by atoms with Crippen molar-refractivity contribution in [2.75, 3.05) is 13.9 Å². The quantitative estimate of drug-likeness (QED) is 0.383. The molecular formula is C26H26NO3P. The number of hydrogen-bond donors (Lipinski definition) is 0. The van der Waals surface area contributed by atoms with Crippen LogP contribution in [-0.4, -0.2) is 31.1 Å². The molecule has 0 aromatic heterocycles. The number of carbonyl (C=O) groups is 1. The topological polar surface area (TPSA) is 59.3 Å². The maximum absolute atomic E-state index is 13.6. The molecule has 0 fully saturated rings. The molecule has 0 bridgehead atoms. The van der Waals surface area contributed by atoms with Crippen LogP contribution in [0.15, 0.2) is 91.0 Å². The molecule has 0 heterocycles. The molecule has 0 aliphatic heterocycles. The molecule has 5 heteroatoms. The Morgan fingerprint density at radius 2 is 1.29 bits per heavy atom. The summed E-state index contributed by atoms with van der Waals surface area (Å²) in [4.78, 5) is 13.6. The van der Waals surface area contributed by atoms with E-state index in [4.69, 9.17) is 9.47 Å². The Labute approximate surface area is 184 Å². The van der Waals surface area contributed by atoms with Crippen molar-refractivity contribution in [3.05, 3.63) is 91.0 Å². The molecule has 0 radical (unpaired) electrons. The number of carbonyl (C=O) groups excluding carboxylic acids is 1. The molecule has 0 saturated heterocycles. The van der Waals surface area contributed by atoms with Crippen LogP contribution in [0.2, 0.25) is 0 Å². The summed E-state index contributed by atoms with van der Waals surface area (Å²) in [6, 6.07) is 32.0. The Hall–Kier alpha value is -2.96. The van der Waals surface area contributed by atoms with Crippen molar-refractivity contribution < 1.29 is 14.3 Å². The molecule has 0 spiro atoms. The second-order valence-electron chi connectivity index (χ2n) is 7.15. The van der Waals surface area contributed by atoms with Crippen LogP contribution in [-0.2, 0) is 14.3 Å². The smallest absolute Gasteiger partial charge is 0.176 e. The summed E-state index contributed by atoms with van der Waals surface area (Å²) in [7, 11) is 1.54. The predicted octanol–water partition coefficient (Wildman–Crippen LogP) is 3.64. The number of ketones is 1. The van der Waals surface area contributed by atoms with Gasteiger partial charge in [-0.25, -0.2) is 0 Å². The third-order valence-corrected chi connectivity index (χ3v) is 9.32. The molecule has 0 saturated carbocycles. The number of hydrogen-bond acceptors (Lipinski definition) is 4. The van der Waals surface area contributed by atoms with E-state index in [0.29, 0.717) is 0 Å². The van der Waals surface area contributed by atoms with Crippen molar-refractivity contribution in [3.63, 3.8) is 0 Å². The van der Waals surface area contributed by atoms with E-state index in [2.05, 4.69) is 6.07 Å². The molecule has 0 amide bonds. The van der Waals surface area contributed by atoms with Crippen molar-refractivity contribution in [1.82, 2.24) is 0 Å². The monoisotopic (exact) mass is 431 g/mol. The lowest BCUT2D eigenvalue weighted by Crippen LogP contribution is -2.34. The van der Waals surface area contributed by atoms with E-state index in [-0.39, 0.29) is 30.4 Å². The van der Waals surface area contributed by atoms with Crippen LogP contribution < -0.4 is 15.9 Å². The maximum Gasteiger partial charge on any atom is 0.176 e. The van der Waals surface area contributed by atoms with Gasteiger partial charge in [0.15, 0.2) is 5.78 Å². The van der Waals surface area contributed by atoms with E-state index in [1.165, 1.54) is 7.11 Å². The minimum Gasteiger partial charge on any atom is -0.359 e. The lowest BCUT2D eigenvalue weighted by atomic mass is 10.1. The molecule has 0 unspecified atom stereocenters. The Morgan fingerprint density at radius 3 is 1.65 bits per heavy atom. The minimum absolute atomic E-state index is 0.104. The van der Waals surface area contributed by atoms with Gasteiger partial charge in [0.25, 0.3) is 0 Å². The summed E-state index contributed by atoms with van der Waals surface area (Å²) >= 11 is 0. The first-order chi connectivity index (χ1) is 15.1. The normalized spacial score (nSPS) is 12.0. The molecule has 0 aliphatic rings. The van der Waals surface area contributed by atoms with Gasteiger partial charge in [0.1, 0.15) is 18.2 Å². The van der Waals surface area contributed by atoms with Gasteiger partial charge in [0.05, 0.1) is 6.10 Å². The van der Waals surface area contributed by atoms with Gasteiger partial charge in [-0.2, -0.15) is 5.26 Å². The average molecular weight is 431 g/mol. The molecule has 0 aliphatic carbocycles. The Bertz CT molecular complexity index is 986. The second-order valence-corrected chi connectivity index (χ2v) is 10.5. The van der Waals surface area contributed by atoms with Crippen LogP contribution in [0.1, 0.15) is 13.3 Å². The lowest BCUT2D eigenvalue weighted by molar-refractivity contribution is -0.118. The summed E-state index contributed by atoms with van der Waals surface area (Å²) in [5.41, 5.74) is 0. The van der Waals surface area contributed by atoms with Crippen LogP contribution >= 0.6 is 6.89 Å². The fourth-order valence-corrected chi connectivity index (χ4v) is 7.86. The van der Waals surface area contributed by atoms with Crippen molar-refractivity contribution in [2.24, 2.45) is 0 Å². The summed E-state index contributed by atoms with van der Waals surface area (Å²) in [5, 5.41) is 13.6. The first-order valence-electron chi connectivity index (χ1n) is 10.1. The van der Waals surface area contributed by atoms with Crippen LogP contribution in [0.5, 0.6) is 0 Å². The van der Waals surface area contributed by atoms with Gasteiger partial charge < -0.3 is 9.47 Å². The fraction of sp³-hybridized carbons (Fsp3) is 0.192. The van der Waals surface area contributed by atoms with Gasteiger partial charge >= 0.3 is 0 Å². The summed E-state index contributed by atoms with van der Waals surface area (Å²) in [5.74, 6) is -0.198. The van der Waals surface area contributed by atoms with E-state index < -0.39 is 6.89 Å². The summed E-state index contributed by atoms with van der Waals surface area (Å²) < 4.78 is 10.5. The van der Waals surface area contributed by atoms with Gasteiger partial charge in [-0.3, -0.25) is 4.79 Å². The lowest BCUT2D eigenvalue weighted by Gasteiger charge is -2.30. The van der Waals surface area contributed by atoms with Crippen LogP contribution in [0.4, 0.5) is 0 Å². The zero-order valence-corrected chi connectivity index (χ0v) is 18.7. The largest absolute Gasteiger partial charge is 0.359 e. The Morgan fingerprint density at radius 1 is 0.871 bits per heavy atom. The highest BCUT2D eigenvalue weighted by atomic mass is 31.2. The van der Waals surface area contributed by atoms with E-state index in [9.17, 15) is 10.1 Å². The molecule has 158 valence electrons. The number of Topliss-reactive ketones (excluding diaryl/α,β-unsaturated/α-hetero) is 1. The maximum atomic E-state index is 13.6. The van der Waals surface area contributed by atoms with Crippen molar-refractivity contribution >= 4 is 33.9 Å². The Kier molecular flexibility index (Phi) is 7.98. The highest BCUT2D eigenvalue weighted by Crippen LogP contribution is 2.46. The van der Waals surface area contributed by atoms with Crippen LogP contribution in [0.3, 0.4) is 0 Å². The number of rotatable bonds is 9. The first-order valence-corrected chi connectivity index (χ1v) is 11.9. The molecule has 4 nitrogen and oxygen atoms in total. The second kappa shape index (κ2) is 10.9. The molecule has 3 rings (SSSR count). The van der Waals surface area contributed by atoms with Gasteiger partial charge in [-0.15, -0.1) is 0 Å². The molecule has 1 atom stereocenters. The van der Waals surface area contributed by atoms with Gasteiger partial charge in [-0.05, 0) is 29.7 Å². The molecule has 31 heavy (non-hydrogen) atoms. The Balaban J connectivity index is 2.36. The molecule has 0 N–H and O–H groups in total. The number of methoxy groups -OCH3 is 1. The molecular weight excluding hydrogens is 405 g/mol. The van der Waals surface area contributed by atoms with Crippen molar-refractivity contribution in [1.29, 1.82) is 5.26 Å². The van der Waals surface area contributed by atoms with E-state index in [0.717, 1.165) is 15.9 Å². The highest BCUT2D eigenvalue weighted by Gasteiger charge is 2.33. The predicted molar refractivity (Wildman–Crippen MR) is 128 cm³/mol. The van der Waals surface area contributed by atoms with Crippen LogP contribution in [0, 0.1) is 11.3 Å². The van der Waals surface area contributed by atoms with Crippen LogP contribution in [0.25, 0.3) is 0 Å². The van der Waals surface area contributed by atoms with Crippen molar-refractivity contribution in [2.45, 2.75) is 19.4 Å². The SMILES string of the molecule is COCO[C@H](C)CC(=O)C(C#N)=P(c1ccccc1)(c1ccccc1)c1ccccc1. The van der Waals surface area contributed by atoms with Crippen molar-refractivity contribution in [3.8, 4) is 6.07 Å². The number of nitrogens with zero attached hydrogens (tertiary/aromatic N) is 1. The third-order valence-electron chi connectivity index (χ3n) is 5.08. The van der Waals surface area contributed by atoms with Gasteiger partial charge in [-0.1, -0.05) is 91.0 Å². The first kappa shape index (κ1) is 22.7. The number of benzene rings is 3. The number of nitriles is 1. The molecule has 3 aromatic carbocycles. The fourth-order valence-electron chi connectivity index (χ4n) is 3.71. The number of ether oxygens (including phenoxy) is 2. The zero-order valence-electron chi connectivity index (χ0n) is 17.8. The summed E-state index contributed by atoms with van der Waals surface area (Å²) in [6.45, 7) is -0.760. The van der Waals surface area contributed by atoms with Gasteiger partial charge in [0.2, 0.25) is 0 Å². The average Bonchev–Trinajstić information content (AvgIpc) is 2.82. The molecule has 3 aromatic rings. The third kappa shape index (κ3) is 4.86. The standard InChI is InChI=1S/C26H26NO3P/c1-21(30-20-29-2)18-25(28)26(19-27)31(22-12-6-3-7-13-22,23-14-8-4-9-15-23)24-16-10-5-11-17-24/h3-17,21H,18,20H2,1-2H3/t21-/m1/s1. The highest BCUT2D eigenvalue weighted by molar-refractivity contribution is 7.96. The summed E-state index contributed by atoms with van der Waals surface area (Å²) in [6.07, 6.45) is -0.249. The van der Waals surface area contributed by atoms with Gasteiger partial charge in [0, 0.05) is 13.5 Å². The zero-order chi connectivity index (χ0) is 22.1.